The fourth-order valence-corrected chi connectivity index (χ4v) is 2.67. The molecule has 3 rings (SSSR count). The third-order valence-electron chi connectivity index (χ3n) is 3.81. The van der Waals surface area contributed by atoms with Gasteiger partial charge in [0, 0.05) is 32.2 Å². The minimum atomic E-state index is -0.994. The Morgan fingerprint density at radius 1 is 1.46 bits per heavy atom. The molecular formula is C15H19N5O4. The van der Waals surface area contributed by atoms with Crippen LogP contribution in [0, 0.1) is 0 Å². The molecule has 2 heterocycles. The molecule has 0 radical (unpaired) electrons. The molecule has 0 aliphatic carbocycles. The molecule has 1 aromatic carbocycles. The Bertz CT molecular complexity index is 705. The average molecular weight is 333 g/mol. The van der Waals surface area contributed by atoms with Crippen molar-refractivity contribution in [2.24, 2.45) is 7.05 Å². The lowest BCUT2D eigenvalue weighted by molar-refractivity contribution is -0.139. The molecule has 128 valence electrons. The maximum Gasteiger partial charge on any atom is 0.341 e. The van der Waals surface area contributed by atoms with Crippen molar-refractivity contribution in [3.8, 4) is 5.75 Å². The molecule has 1 atom stereocenters. The van der Waals surface area contributed by atoms with Gasteiger partial charge in [-0.25, -0.2) is 9.48 Å². The number of morpholine rings is 1. The lowest BCUT2D eigenvalue weighted by Crippen LogP contribution is -2.38. The highest BCUT2D eigenvalue weighted by Gasteiger charge is 2.26. The first-order valence-electron chi connectivity index (χ1n) is 7.62. The van der Waals surface area contributed by atoms with Crippen LogP contribution in [0.5, 0.6) is 5.75 Å². The predicted molar refractivity (Wildman–Crippen MR) is 82.3 cm³/mol. The van der Waals surface area contributed by atoms with E-state index < -0.39 is 5.97 Å². The number of hydrogen-bond donors (Lipinski definition) is 1. The molecular weight excluding hydrogens is 314 g/mol. The number of ether oxygens (including phenoxy) is 2. The van der Waals surface area contributed by atoms with Gasteiger partial charge in [0.1, 0.15) is 11.9 Å². The summed E-state index contributed by atoms with van der Waals surface area (Å²) >= 11 is 0. The number of tetrazole rings is 1. The van der Waals surface area contributed by atoms with E-state index >= 15 is 0 Å². The maximum absolute atomic E-state index is 10.7. The van der Waals surface area contributed by atoms with Crippen LogP contribution in [0.3, 0.4) is 0 Å². The summed E-state index contributed by atoms with van der Waals surface area (Å²) < 4.78 is 12.7. The summed E-state index contributed by atoms with van der Waals surface area (Å²) in [7, 11) is 1.78. The number of carboxylic acid groups (broad SMARTS) is 1. The van der Waals surface area contributed by atoms with Crippen LogP contribution in [0.15, 0.2) is 24.3 Å². The quantitative estimate of drug-likeness (QED) is 0.802. The van der Waals surface area contributed by atoms with E-state index in [-0.39, 0.29) is 12.7 Å². The molecule has 0 saturated carbocycles. The van der Waals surface area contributed by atoms with Gasteiger partial charge >= 0.3 is 5.97 Å². The average Bonchev–Trinajstić information content (AvgIpc) is 3.00. The molecule has 1 aliphatic rings. The lowest BCUT2D eigenvalue weighted by Gasteiger charge is -2.32. The van der Waals surface area contributed by atoms with Gasteiger partial charge in [0.2, 0.25) is 0 Å². The fraction of sp³-hybridized carbons (Fsp3) is 0.467. The first kappa shape index (κ1) is 16.3. The molecule has 24 heavy (non-hydrogen) atoms. The molecule has 2 aromatic rings. The number of aryl methyl sites for hydroxylation is 1. The maximum atomic E-state index is 10.7. The van der Waals surface area contributed by atoms with Gasteiger partial charge in [-0.3, -0.25) is 4.90 Å². The van der Waals surface area contributed by atoms with Crippen LogP contribution >= 0.6 is 0 Å². The van der Waals surface area contributed by atoms with Gasteiger partial charge in [-0.15, -0.1) is 5.10 Å². The van der Waals surface area contributed by atoms with Crippen LogP contribution in [-0.4, -0.2) is 62.5 Å². The Balaban J connectivity index is 1.67. The fourth-order valence-electron chi connectivity index (χ4n) is 2.67. The van der Waals surface area contributed by atoms with E-state index in [1.54, 1.807) is 17.8 Å². The first-order chi connectivity index (χ1) is 11.6. The molecule has 9 nitrogen and oxygen atoms in total. The highest BCUT2D eigenvalue weighted by molar-refractivity contribution is 5.68. The van der Waals surface area contributed by atoms with E-state index in [1.165, 1.54) is 0 Å². The predicted octanol–water partition coefficient (Wildman–Crippen LogP) is 0.247. The van der Waals surface area contributed by atoms with Crippen molar-refractivity contribution < 1.29 is 19.4 Å². The standard InChI is InChI=1S/C15H19N5O4/c1-19-15(16-17-18-19)13-9-20(6-7-23-13)8-11-4-2-3-5-12(11)24-10-14(21)22/h2-5,13H,6-10H2,1H3,(H,21,22). The SMILES string of the molecule is Cn1nnnc1C1CN(Cc2ccccc2OCC(=O)O)CCO1. The summed E-state index contributed by atoms with van der Waals surface area (Å²) in [5.74, 6) is 0.282. The van der Waals surface area contributed by atoms with Crippen LogP contribution in [0.1, 0.15) is 17.5 Å². The smallest absolute Gasteiger partial charge is 0.341 e. The van der Waals surface area contributed by atoms with E-state index in [0.717, 1.165) is 12.1 Å². The van der Waals surface area contributed by atoms with E-state index in [1.807, 2.05) is 18.2 Å². The van der Waals surface area contributed by atoms with Crippen molar-refractivity contribution in [2.45, 2.75) is 12.6 Å². The zero-order valence-corrected chi connectivity index (χ0v) is 13.3. The van der Waals surface area contributed by atoms with Crippen molar-refractivity contribution in [1.29, 1.82) is 0 Å². The van der Waals surface area contributed by atoms with Gasteiger partial charge in [0.05, 0.1) is 6.61 Å². The second kappa shape index (κ2) is 7.37. The van der Waals surface area contributed by atoms with Gasteiger partial charge in [-0.2, -0.15) is 0 Å². The molecule has 9 heteroatoms. The highest BCUT2D eigenvalue weighted by atomic mass is 16.5. The minimum Gasteiger partial charge on any atom is -0.482 e. The number of rotatable bonds is 6. The molecule has 1 aromatic heterocycles. The zero-order chi connectivity index (χ0) is 16.9. The third-order valence-corrected chi connectivity index (χ3v) is 3.81. The number of carboxylic acids is 1. The molecule has 1 saturated heterocycles. The first-order valence-corrected chi connectivity index (χ1v) is 7.62. The Hall–Kier alpha value is -2.52. The van der Waals surface area contributed by atoms with Crippen molar-refractivity contribution in [3.63, 3.8) is 0 Å². The summed E-state index contributed by atoms with van der Waals surface area (Å²) in [6, 6.07) is 7.45. The van der Waals surface area contributed by atoms with Crippen LogP contribution in [0.4, 0.5) is 0 Å². The molecule has 1 unspecified atom stereocenters. The van der Waals surface area contributed by atoms with E-state index in [2.05, 4.69) is 20.4 Å². The number of carbonyl (C=O) groups is 1. The molecule has 1 fully saturated rings. The van der Waals surface area contributed by atoms with Gasteiger partial charge < -0.3 is 14.6 Å². The highest BCUT2D eigenvalue weighted by Crippen LogP contribution is 2.24. The monoisotopic (exact) mass is 333 g/mol. The van der Waals surface area contributed by atoms with Crippen LogP contribution in [-0.2, 0) is 23.1 Å². The van der Waals surface area contributed by atoms with Crippen molar-refractivity contribution in [2.75, 3.05) is 26.3 Å². The summed E-state index contributed by atoms with van der Waals surface area (Å²) in [5.41, 5.74) is 0.940. The number of para-hydroxylation sites is 1. The van der Waals surface area contributed by atoms with Crippen molar-refractivity contribution in [1.82, 2.24) is 25.1 Å². The van der Waals surface area contributed by atoms with Crippen LogP contribution in [0.2, 0.25) is 0 Å². The summed E-state index contributed by atoms with van der Waals surface area (Å²) in [6.07, 6.45) is -0.189. The molecule has 0 bridgehead atoms. The summed E-state index contributed by atoms with van der Waals surface area (Å²) in [5, 5.41) is 20.3. The minimum absolute atomic E-state index is 0.189. The van der Waals surface area contributed by atoms with Gasteiger partial charge in [0.25, 0.3) is 0 Å². The number of nitrogens with zero attached hydrogens (tertiary/aromatic N) is 5. The molecule has 1 N–H and O–H groups in total. The number of benzene rings is 1. The topological polar surface area (TPSA) is 103 Å². The van der Waals surface area contributed by atoms with Gasteiger partial charge in [-0.1, -0.05) is 18.2 Å². The Kier molecular flexibility index (Phi) is 5.02. The second-order valence-corrected chi connectivity index (χ2v) is 5.55. The van der Waals surface area contributed by atoms with Gasteiger partial charge in [0.15, 0.2) is 12.4 Å². The number of aromatic nitrogens is 4. The second-order valence-electron chi connectivity index (χ2n) is 5.55. The molecule has 1 aliphatic heterocycles. The lowest BCUT2D eigenvalue weighted by atomic mass is 10.1. The third kappa shape index (κ3) is 3.87. The van der Waals surface area contributed by atoms with Gasteiger partial charge in [-0.05, 0) is 16.5 Å². The summed E-state index contributed by atoms with van der Waals surface area (Å²) in [4.78, 5) is 12.9. The number of hydrogen-bond acceptors (Lipinski definition) is 7. The van der Waals surface area contributed by atoms with Crippen LogP contribution < -0.4 is 4.74 Å². The largest absolute Gasteiger partial charge is 0.482 e. The normalized spacial score (nSPS) is 18.5. The van der Waals surface area contributed by atoms with E-state index in [4.69, 9.17) is 14.6 Å². The number of aliphatic carboxylic acids is 1. The van der Waals surface area contributed by atoms with Crippen molar-refractivity contribution in [3.05, 3.63) is 35.7 Å². The Morgan fingerprint density at radius 2 is 2.29 bits per heavy atom. The Labute approximate surface area is 138 Å². The van der Waals surface area contributed by atoms with E-state index in [9.17, 15) is 4.79 Å². The summed E-state index contributed by atoms with van der Waals surface area (Å²) in [6.45, 7) is 2.29. The van der Waals surface area contributed by atoms with Crippen LogP contribution in [0.25, 0.3) is 0 Å². The molecule has 0 spiro atoms. The van der Waals surface area contributed by atoms with Crippen molar-refractivity contribution >= 4 is 5.97 Å². The van der Waals surface area contributed by atoms with E-state index in [0.29, 0.717) is 31.3 Å². The Morgan fingerprint density at radius 3 is 3.04 bits per heavy atom. The molecule has 0 amide bonds. The zero-order valence-electron chi connectivity index (χ0n) is 13.3.